The number of nitrogens with zero attached hydrogens (tertiary/aromatic N) is 3. The Hall–Kier alpha value is -3.58. The van der Waals surface area contributed by atoms with Crippen molar-refractivity contribution in [3.8, 4) is 5.75 Å². The van der Waals surface area contributed by atoms with Crippen molar-refractivity contribution in [2.45, 2.75) is 38.6 Å². The van der Waals surface area contributed by atoms with Gasteiger partial charge in [-0.15, -0.1) is 0 Å². The lowest BCUT2D eigenvalue weighted by molar-refractivity contribution is -0.385. The van der Waals surface area contributed by atoms with Gasteiger partial charge < -0.3 is 20.4 Å². The molecule has 2 aromatic rings. The molecular weight excluding hydrogens is 518 g/mol. The number of nitro benzene ring substituents is 1. The van der Waals surface area contributed by atoms with Crippen LogP contribution in [0.3, 0.4) is 0 Å². The highest BCUT2D eigenvalue weighted by Crippen LogP contribution is 2.26. The molecule has 0 aliphatic carbocycles. The maximum absolute atomic E-state index is 11.0. The molecule has 4 N–H and O–H groups in total. The van der Waals surface area contributed by atoms with E-state index >= 15 is 0 Å². The Morgan fingerprint density at radius 3 is 2.63 bits per heavy atom. The van der Waals surface area contributed by atoms with Crippen LogP contribution in [0.15, 0.2) is 53.6 Å². The molecule has 0 saturated heterocycles. The van der Waals surface area contributed by atoms with Gasteiger partial charge in [0.25, 0.3) is 0 Å². The Morgan fingerprint density at radius 1 is 1.26 bits per heavy atom. The third-order valence-electron chi connectivity index (χ3n) is 5.46. The number of benzene rings is 2. The molecule has 0 unspecified atom stereocenters. The summed E-state index contributed by atoms with van der Waals surface area (Å²) in [5, 5.41) is 37.8. The van der Waals surface area contributed by atoms with Gasteiger partial charge in [0, 0.05) is 37.0 Å². The number of aliphatic hydroxyl groups excluding tert-OH is 1. The van der Waals surface area contributed by atoms with Gasteiger partial charge in [0.05, 0.1) is 22.8 Å². The molecule has 0 saturated carbocycles. The smallest absolute Gasteiger partial charge is 0.310 e. The summed E-state index contributed by atoms with van der Waals surface area (Å²) >= 11 is 5.85. The second-order valence-corrected chi connectivity index (χ2v) is 9.34. The van der Waals surface area contributed by atoms with Crippen LogP contribution in [0.25, 0.3) is 0 Å². The second kappa shape index (κ2) is 15.0. The summed E-state index contributed by atoms with van der Waals surface area (Å²) in [6, 6.07) is 13.5. The molecule has 2 amide bonds. The Balaban J connectivity index is 0.000000304. The Bertz CT molecular complexity index is 1140. The highest BCUT2D eigenvalue weighted by Gasteiger charge is 2.26. The Kier molecular flexibility index (Phi) is 12.1. The van der Waals surface area contributed by atoms with Gasteiger partial charge in [-0.3, -0.25) is 19.7 Å². The highest BCUT2D eigenvalue weighted by atomic mass is 35.5. The average Bonchev–Trinajstić information content (AvgIpc) is 2.90. The first-order chi connectivity index (χ1) is 18.0. The number of nitro groups is 1. The lowest BCUT2D eigenvalue weighted by atomic mass is 10.0. The zero-order valence-electron chi connectivity index (χ0n) is 21.2. The molecule has 0 aromatic heterocycles. The number of aliphatic hydroxyl groups is 1. The van der Waals surface area contributed by atoms with Crippen molar-refractivity contribution < 1.29 is 29.6 Å². The molecule has 2 aromatic carbocycles. The van der Waals surface area contributed by atoms with E-state index in [9.17, 15) is 24.9 Å². The molecule has 0 bridgehead atoms. The minimum Gasteiger partial charge on any atom is -0.487 e. The van der Waals surface area contributed by atoms with Crippen molar-refractivity contribution in [3.63, 3.8) is 0 Å². The molecule has 0 fully saturated rings. The first kappa shape index (κ1) is 30.6. The topological polar surface area (TPSA) is 167 Å². The molecule has 13 heteroatoms. The number of para-hydroxylation sites is 2. The van der Waals surface area contributed by atoms with Gasteiger partial charge in [-0.2, -0.15) is 10.2 Å². The van der Waals surface area contributed by atoms with Crippen LogP contribution in [-0.4, -0.2) is 69.7 Å². The van der Waals surface area contributed by atoms with Gasteiger partial charge in [-0.25, -0.2) is 5.43 Å². The number of hydroxylamine groups is 2. The van der Waals surface area contributed by atoms with Crippen molar-refractivity contribution in [3.05, 3.63) is 69.2 Å². The van der Waals surface area contributed by atoms with E-state index in [4.69, 9.17) is 21.4 Å². The van der Waals surface area contributed by atoms with E-state index in [1.807, 2.05) is 24.3 Å². The van der Waals surface area contributed by atoms with Crippen LogP contribution in [0.4, 0.5) is 5.69 Å². The molecule has 206 valence electrons. The maximum atomic E-state index is 11.0. The van der Waals surface area contributed by atoms with Crippen LogP contribution in [-0.2, 0) is 9.59 Å². The summed E-state index contributed by atoms with van der Waals surface area (Å²) < 4.78 is 5.39. The second-order valence-electron chi connectivity index (χ2n) is 8.90. The minimum atomic E-state index is -0.733. The Morgan fingerprint density at radius 2 is 2.00 bits per heavy atom. The summed E-state index contributed by atoms with van der Waals surface area (Å²) in [7, 11) is 0. The maximum Gasteiger partial charge on any atom is 0.310 e. The van der Waals surface area contributed by atoms with Crippen LogP contribution >= 0.6 is 11.6 Å². The van der Waals surface area contributed by atoms with E-state index in [0.717, 1.165) is 16.3 Å². The third-order valence-corrected chi connectivity index (χ3v) is 5.69. The molecule has 0 spiro atoms. The third kappa shape index (κ3) is 10.1. The number of halogens is 1. The summed E-state index contributed by atoms with van der Waals surface area (Å²) in [4.78, 5) is 32.3. The van der Waals surface area contributed by atoms with Gasteiger partial charge in [0.1, 0.15) is 6.61 Å². The first-order valence-electron chi connectivity index (χ1n) is 11.8. The molecule has 38 heavy (non-hydrogen) atoms. The lowest BCUT2D eigenvalue weighted by Gasteiger charge is -2.33. The summed E-state index contributed by atoms with van der Waals surface area (Å²) in [6.45, 7) is 3.46. The van der Waals surface area contributed by atoms with Crippen molar-refractivity contribution >= 4 is 34.8 Å². The zero-order chi connectivity index (χ0) is 28.1. The molecule has 0 radical (unpaired) electrons. The number of nitrogens with one attached hydrogen (secondary N) is 2. The van der Waals surface area contributed by atoms with Crippen molar-refractivity contribution in [1.82, 2.24) is 15.8 Å². The quantitative estimate of drug-likeness (QED) is 0.188. The van der Waals surface area contributed by atoms with E-state index in [1.54, 1.807) is 26.0 Å². The van der Waals surface area contributed by atoms with Crippen LogP contribution in [0.2, 0.25) is 5.02 Å². The molecule has 1 aliphatic heterocycles. The summed E-state index contributed by atoms with van der Waals surface area (Å²) in [5.74, 6) is -0.367. The lowest BCUT2D eigenvalue weighted by Crippen LogP contribution is -2.51. The van der Waals surface area contributed by atoms with E-state index in [1.165, 1.54) is 12.1 Å². The largest absolute Gasteiger partial charge is 0.487 e. The molecular formula is C25H32ClN5O7. The van der Waals surface area contributed by atoms with Crippen molar-refractivity contribution in [1.29, 1.82) is 0 Å². The number of rotatable bonds is 11. The SMILES string of the molecule is CC(C)(CNC(=O)CO)N(O)CCCOc1ccccc1[N+](=O)[O-].O=C1CCC(c2cccc(Cl)c2)=NN1. The van der Waals surface area contributed by atoms with Gasteiger partial charge in [-0.1, -0.05) is 35.9 Å². The zero-order valence-corrected chi connectivity index (χ0v) is 22.0. The predicted molar refractivity (Wildman–Crippen MR) is 141 cm³/mol. The molecule has 1 heterocycles. The van der Waals surface area contributed by atoms with E-state index in [0.29, 0.717) is 24.3 Å². The van der Waals surface area contributed by atoms with Crippen LogP contribution in [0, 0.1) is 10.1 Å². The van der Waals surface area contributed by atoms with Crippen molar-refractivity contribution in [2.75, 3.05) is 26.3 Å². The van der Waals surface area contributed by atoms with Crippen LogP contribution < -0.4 is 15.5 Å². The minimum absolute atomic E-state index is 0.0317. The number of hydrogen-bond donors (Lipinski definition) is 4. The van der Waals surface area contributed by atoms with E-state index in [-0.39, 0.29) is 37.0 Å². The standard InChI is InChI=1S/C15H23N3O6.C10H9ClN2O/c1-15(2,11-16-14(20)10-19)17(21)8-5-9-24-13-7-4-3-6-12(13)18(22)23;11-8-3-1-2-7(6-8)9-4-5-10(14)13-12-9/h3-4,6-7,19,21H,5,8-11H2,1-2H3,(H,16,20);1-3,6H,4-5H2,(H,13,14). The average molecular weight is 550 g/mol. The molecule has 1 aliphatic rings. The van der Waals surface area contributed by atoms with Crippen LogP contribution in [0.5, 0.6) is 5.75 Å². The normalized spacial score (nSPS) is 13.1. The number of hydrazone groups is 1. The fraction of sp³-hybridized carbons (Fsp3) is 0.400. The van der Waals surface area contributed by atoms with Crippen molar-refractivity contribution in [2.24, 2.45) is 5.10 Å². The Labute approximate surface area is 225 Å². The fourth-order valence-electron chi connectivity index (χ4n) is 3.24. The summed E-state index contributed by atoms with van der Waals surface area (Å²) in [6.07, 6.45) is 1.59. The first-order valence-corrected chi connectivity index (χ1v) is 12.2. The predicted octanol–water partition coefficient (Wildman–Crippen LogP) is 2.90. The number of ether oxygens (including phenoxy) is 1. The highest BCUT2D eigenvalue weighted by molar-refractivity contribution is 6.31. The number of hydrogen-bond acceptors (Lipinski definition) is 9. The molecule has 3 rings (SSSR count). The van der Waals surface area contributed by atoms with Gasteiger partial charge >= 0.3 is 5.69 Å². The molecule has 12 nitrogen and oxygen atoms in total. The monoisotopic (exact) mass is 549 g/mol. The molecule has 0 atom stereocenters. The number of carbonyl (C=O) groups excluding carboxylic acids is 2. The van der Waals surface area contributed by atoms with Gasteiger partial charge in [-0.05, 0) is 44.0 Å². The van der Waals surface area contributed by atoms with Gasteiger partial charge in [0.2, 0.25) is 11.8 Å². The number of carbonyl (C=O) groups is 2. The fourth-order valence-corrected chi connectivity index (χ4v) is 3.43. The van der Waals surface area contributed by atoms with E-state index in [2.05, 4.69) is 15.8 Å². The van der Waals surface area contributed by atoms with Gasteiger partial charge in [0.15, 0.2) is 5.75 Å². The van der Waals surface area contributed by atoms with Crippen LogP contribution in [0.1, 0.15) is 38.7 Å². The summed E-state index contributed by atoms with van der Waals surface area (Å²) in [5.41, 5.74) is 3.47. The number of amides is 2. The van der Waals surface area contributed by atoms with E-state index < -0.39 is 23.0 Å².